The van der Waals surface area contributed by atoms with Crippen LogP contribution in [0.5, 0.6) is 0 Å². The number of rotatable bonds is 3. The molecule has 0 bridgehead atoms. The second-order valence-corrected chi connectivity index (χ2v) is 7.55. The highest BCUT2D eigenvalue weighted by Gasteiger charge is 2.32. The van der Waals surface area contributed by atoms with Gasteiger partial charge in [0.2, 0.25) is 0 Å². The van der Waals surface area contributed by atoms with Gasteiger partial charge in [0.05, 0.1) is 5.69 Å². The molecule has 6 nitrogen and oxygen atoms in total. The summed E-state index contributed by atoms with van der Waals surface area (Å²) in [5.74, 6) is -0.310. The Hall–Kier alpha value is -2.63. The Morgan fingerprint density at radius 3 is 2.26 bits per heavy atom. The van der Waals surface area contributed by atoms with Crippen LogP contribution in [0.25, 0.3) is 0 Å². The Morgan fingerprint density at radius 1 is 0.963 bits per heavy atom. The van der Waals surface area contributed by atoms with Crippen molar-refractivity contribution < 1.29 is 9.59 Å². The number of hydrogen-bond acceptors (Lipinski definition) is 3. The number of likely N-dealkylation sites (tertiary alicyclic amines) is 2. The van der Waals surface area contributed by atoms with Gasteiger partial charge in [-0.3, -0.25) is 14.7 Å². The topological polar surface area (TPSA) is 69.3 Å². The number of nitrogens with one attached hydrogen (secondary N) is 1. The summed E-state index contributed by atoms with van der Waals surface area (Å²) in [4.78, 5) is 28.1. The summed E-state index contributed by atoms with van der Waals surface area (Å²) < 4.78 is 0. The highest BCUT2D eigenvalue weighted by Crippen LogP contribution is 2.27. The van der Waals surface area contributed by atoms with Crippen molar-refractivity contribution in [1.82, 2.24) is 20.0 Å². The summed E-state index contributed by atoms with van der Waals surface area (Å²) in [5, 5.41) is 7.65. The standard InChI is InChI=1S/C21H26N4O2/c26-20(24-10-4-5-11-24)21(27)25-12-8-17(9-13-25)19-15-18(22-23-19)14-16-6-2-1-3-7-16/h1-3,6-7,15,17H,4-5,8-14H2,(H,22,23). The molecule has 0 aliphatic carbocycles. The van der Waals surface area contributed by atoms with Crippen LogP contribution in [0.4, 0.5) is 0 Å². The van der Waals surface area contributed by atoms with Gasteiger partial charge in [0.25, 0.3) is 0 Å². The van der Waals surface area contributed by atoms with Crippen molar-refractivity contribution in [3.05, 3.63) is 53.3 Å². The number of benzene rings is 1. The van der Waals surface area contributed by atoms with E-state index < -0.39 is 0 Å². The lowest BCUT2D eigenvalue weighted by molar-refractivity contribution is -0.151. The van der Waals surface area contributed by atoms with Gasteiger partial charge in [-0.1, -0.05) is 30.3 Å². The predicted molar refractivity (Wildman–Crippen MR) is 102 cm³/mol. The Balaban J connectivity index is 1.31. The Morgan fingerprint density at radius 2 is 1.59 bits per heavy atom. The van der Waals surface area contributed by atoms with Crippen molar-refractivity contribution in [3.8, 4) is 0 Å². The van der Waals surface area contributed by atoms with E-state index in [2.05, 4.69) is 28.4 Å². The molecular weight excluding hydrogens is 340 g/mol. The molecule has 2 saturated heterocycles. The maximum atomic E-state index is 12.4. The summed E-state index contributed by atoms with van der Waals surface area (Å²) in [6.45, 7) is 2.70. The van der Waals surface area contributed by atoms with Gasteiger partial charge in [0.1, 0.15) is 0 Å². The first-order valence-electron chi connectivity index (χ1n) is 9.87. The molecule has 0 saturated carbocycles. The molecule has 6 heteroatoms. The molecule has 1 aromatic carbocycles. The van der Waals surface area contributed by atoms with Crippen LogP contribution in [0.1, 0.15) is 48.6 Å². The van der Waals surface area contributed by atoms with Crippen molar-refractivity contribution in [1.29, 1.82) is 0 Å². The van der Waals surface area contributed by atoms with Crippen LogP contribution in [0, 0.1) is 0 Å². The minimum Gasteiger partial charge on any atom is -0.334 e. The Kier molecular flexibility index (Phi) is 5.23. The number of piperidine rings is 1. The maximum Gasteiger partial charge on any atom is 0.312 e. The lowest BCUT2D eigenvalue weighted by atomic mass is 9.93. The van der Waals surface area contributed by atoms with Crippen LogP contribution in [0.2, 0.25) is 0 Å². The van der Waals surface area contributed by atoms with Crippen molar-refractivity contribution in [3.63, 3.8) is 0 Å². The minimum absolute atomic E-state index is 0.323. The first-order chi connectivity index (χ1) is 13.2. The summed E-state index contributed by atoms with van der Waals surface area (Å²) in [5.41, 5.74) is 3.44. The van der Waals surface area contributed by atoms with Crippen molar-refractivity contribution in [2.24, 2.45) is 0 Å². The third kappa shape index (κ3) is 4.04. The van der Waals surface area contributed by atoms with E-state index in [1.165, 1.54) is 5.56 Å². The van der Waals surface area contributed by atoms with Crippen LogP contribution in [-0.4, -0.2) is 58.0 Å². The second-order valence-electron chi connectivity index (χ2n) is 7.55. The van der Waals surface area contributed by atoms with Crippen LogP contribution in [0.15, 0.2) is 36.4 Å². The van der Waals surface area contributed by atoms with Crippen LogP contribution in [0.3, 0.4) is 0 Å². The van der Waals surface area contributed by atoms with Crippen LogP contribution in [-0.2, 0) is 16.0 Å². The molecule has 1 aromatic heterocycles. The fourth-order valence-electron chi connectivity index (χ4n) is 4.06. The highest BCUT2D eigenvalue weighted by atomic mass is 16.2. The van der Waals surface area contributed by atoms with Crippen LogP contribution >= 0.6 is 0 Å². The summed E-state index contributed by atoms with van der Waals surface area (Å²) in [6.07, 6.45) is 4.57. The van der Waals surface area contributed by atoms with E-state index >= 15 is 0 Å². The second kappa shape index (κ2) is 7.94. The average molecular weight is 366 g/mol. The quantitative estimate of drug-likeness (QED) is 0.848. The van der Waals surface area contributed by atoms with E-state index in [1.54, 1.807) is 9.80 Å². The van der Waals surface area contributed by atoms with E-state index in [4.69, 9.17) is 0 Å². The number of H-pyrrole nitrogens is 1. The van der Waals surface area contributed by atoms with E-state index in [1.807, 2.05) is 18.2 Å². The molecule has 3 heterocycles. The SMILES string of the molecule is O=C(C(=O)N1CCC(c2cc(Cc3ccccc3)[nH]n2)CC1)N1CCCC1. The molecule has 2 amide bonds. The fourth-order valence-corrected chi connectivity index (χ4v) is 4.06. The molecule has 2 aliphatic heterocycles. The number of aromatic amines is 1. The molecule has 2 aromatic rings. The van der Waals surface area contributed by atoms with Crippen LogP contribution < -0.4 is 0 Å². The molecule has 27 heavy (non-hydrogen) atoms. The van der Waals surface area contributed by atoms with Gasteiger partial charge in [-0.05, 0) is 37.3 Å². The van der Waals surface area contributed by atoms with Gasteiger partial charge in [-0.25, -0.2) is 0 Å². The molecule has 0 unspecified atom stereocenters. The van der Waals surface area contributed by atoms with Gasteiger partial charge < -0.3 is 9.80 Å². The van der Waals surface area contributed by atoms with Gasteiger partial charge in [-0.15, -0.1) is 0 Å². The first-order valence-corrected chi connectivity index (χ1v) is 9.87. The Labute approximate surface area is 159 Å². The number of carbonyl (C=O) groups is 2. The number of hydrogen-bond donors (Lipinski definition) is 1. The monoisotopic (exact) mass is 366 g/mol. The lowest BCUT2D eigenvalue weighted by Gasteiger charge is -2.31. The van der Waals surface area contributed by atoms with E-state index in [-0.39, 0.29) is 11.8 Å². The lowest BCUT2D eigenvalue weighted by Crippen LogP contribution is -2.47. The molecule has 4 rings (SSSR count). The number of nitrogens with zero attached hydrogens (tertiary/aromatic N) is 3. The number of amides is 2. The molecule has 2 aliphatic rings. The third-order valence-electron chi connectivity index (χ3n) is 5.66. The molecule has 0 atom stereocenters. The number of aromatic nitrogens is 2. The predicted octanol–water partition coefficient (Wildman–Crippen LogP) is 2.33. The Bertz CT molecular complexity index is 788. The fraction of sp³-hybridized carbons (Fsp3) is 0.476. The van der Waals surface area contributed by atoms with Gasteiger partial charge in [0.15, 0.2) is 0 Å². The summed E-state index contributed by atoms with van der Waals surface area (Å²) in [7, 11) is 0. The largest absolute Gasteiger partial charge is 0.334 e. The first kappa shape index (κ1) is 17.8. The summed E-state index contributed by atoms with van der Waals surface area (Å²) in [6, 6.07) is 12.5. The van der Waals surface area contributed by atoms with Crippen molar-refractivity contribution >= 4 is 11.8 Å². The van der Waals surface area contributed by atoms with E-state index in [0.717, 1.165) is 56.6 Å². The van der Waals surface area contributed by atoms with Gasteiger partial charge in [-0.2, -0.15) is 5.10 Å². The van der Waals surface area contributed by atoms with Gasteiger partial charge in [0, 0.05) is 44.2 Å². The molecule has 1 N–H and O–H groups in total. The van der Waals surface area contributed by atoms with E-state index in [0.29, 0.717) is 19.0 Å². The normalized spacial score (nSPS) is 18.1. The zero-order valence-electron chi connectivity index (χ0n) is 15.6. The molecule has 2 fully saturated rings. The zero-order valence-corrected chi connectivity index (χ0v) is 15.6. The van der Waals surface area contributed by atoms with Crippen molar-refractivity contribution in [2.45, 2.75) is 38.0 Å². The molecular formula is C21H26N4O2. The van der Waals surface area contributed by atoms with Crippen molar-refractivity contribution in [2.75, 3.05) is 26.2 Å². The maximum absolute atomic E-state index is 12.4. The molecule has 0 spiro atoms. The highest BCUT2D eigenvalue weighted by molar-refractivity contribution is 6.34. The molecule has 0 radical (unpaired) electrons. The van der Waals surface area contributed by atoms with E-state index in [9.17, 15) is 9.59 Å². The minimum atomic E-state index is -0.331. The summed E-state index contributed by atoms with van der Waals surface area (Å²) >= 11 is 0. The average Bonchev–Trinajstić information content (AvgIpc) is 3.40. The smallest absolute Gasteiger partial charge is 0.312 e. The third-order valence-corrected chi connectivity index (χ3v) is 5.66. The zero-order chi connectivity index (χ0) is 18.6. The van der Waals surface area contributed by atoms with Gasteiger partial charge >= 0.3 is 11.8 Å². The molecule has 142 valence electrons. The number of carbonyl (C=O) groups excluding carboxylic acids is 2.